The van der Waals surface area contributed by atoms with Crippen molar-refractivity contribution in [1.82, 2.24) is 9.88 Å². The number of hydrogen-bond donors (Lipinski definition) is 2. The van der Waals surface area contributed by atoms with E-state index in [0.717, 1.165) is 0 Å². The number of urea groups is 1. The van der Waals surface area contributed by atoms with Crippen molar-refractivity contribution in [2.45, 2.75) is 13.0 Å². The van der Waals surface area contributed by atoms with Crippen LogP contribution in [0.4, 0.5) is 16.5 Å². The molecule has 0 radical (unpaired) electrons. The fraction of sp³-hybridized carbons (Fsp3) is 0.429. The number of aliphatic hydroxyl groups excluding tert-OH is 1. The first-order valence-electron chi connectivity index (χ1n) is 6.65. The number of fused-ring (bicyclic) bond motifs is 1. The SMILES string of the molecule is CC(CO)N(C)C(=O)Nc1ccc2oc(N(C)C)nc2c1. The van der Waals surface area contributed by atoms with Crippen molar-refractivity contribution < 1.29 is 14.3 Å². The molecule has 0 aliphatic heterocycles. The molecule has 2 rings (SSSR count). The summed E-state index contributed by atoms with van der Waals surface area (Å²) in [6.45, 7) is 1.68. The number of likely N-dealkylation sites (N-methyl/N-ethyl adjacent to an activating group) is 1. The normalized spacial score (nSPS) is 12.2. The number of hydrogen-bond acceptors (Lipinski definition) is 5. The van der Waals surface area contributed by atoms with Crippen molar-refractivity contribution >= 4 is 28.8 Å². The van der Waals surface area contributed by atoms with Gasteiger partial charge in [0.05, 0.1) is 12.6 Å². The van der Waals surface area contributed by atoms with Crippen LogP contribution in [0.3, 0.4) is 0 Å². The molecule has 2 N–H and O–H groups in total. The smallest absolute Gasteiger partial charge is 0.321 e. The van der Waals surface area contributed by atoms with Gasteiger partial charge in [-0.1, -0.05) is 0 Å². The van der Waals surface area contributed by atoms with E-state index in [1.807, 2.05) is 14.1 Å². The Labute approximate surface area is 123 Å². The van der Waals surface area contributed by atoms with Crippen LogP contribution >= 0.6 is 0 Å². The third-order valence-corrected chi connectivity index (χ3v) is 3.26. The van der Waals surface area contributed by atoms with E-state index in [0.29, 0.717) is 22.8 Å². The molecule has 1 atom stereocenters. The summed E-state index contributed by atoms with van der Waals surface area (Å²) >= 11 is 0. The Morgan fingerprint density at radius 1 is 1.43 bits per heavy atom. The van der Waals surface area contributed by atoms with Crippen molar-refractivity contribution in [3.05, 3.63) is 18.2 Å². The van der Waals surface area contributed by atoms with Gasteiger partial charge < -0.3 is 24.6 Å². The molecule has 0 bridgehead atoms. The molecular formula is C14H20N4O3. The molecule has 21 heavy (non-hydrogen) atoms. The van der Waals surface area contributed by atoms with Gasteiger partial charge in [-0.15, -0.1) is 0 Å². The first-order chi connectivity index (χ1) is 9.92. The number of benzene rings is 1. The maximum absolute atomic E-state index is 12.0. The van der Waals surface area contributed by atoms with Gasteiger partial charge in [0.25, 0.3) is 6.01 Å². The van der Waals surface area contributed by atoms with E-state index in [2.05, 4.69) is 10.3 Å². The van der Waals surface area contributed by atoms with E-state index >= 15 is 0 Å². The fourth-order valence-electron chi connectivity index (χ4n) is 1.72. The van der Waals surface area contributed by atoms with Gasteiger partial charge >= 0.3 is 6.03 Å². The lowest BCUT2D eigenvalue weighted by Gasteiger charge is -2.23. The summed E-state index contributed by atoms with van der Waals surface area (Å²) in [6.07, 6.45) is 0. The summed E-state index contributed by atoms with van der Waals surface area (Å²) in [5, 5.41) is 11.8. The Hall–Kier alpha value is -2.28. The second-order valence-electron chi connectivity index (χ2n) is 5.15. The highest BCUT2D eigenvalue weighted by atomic mass is 16.4. The van der Waals surface area contributed by atoms with Crippen molar-refractivity contribution in [3.63, 3.8) is 0 Å². The molecule has 0 saturated carbocycles. The molecule has 0 spiro atoms. The van der Waals surface area contributed by atoms with Crippen LogP contribution in [0.1, 0.15) is 6.92 Å². The molecular weight excluding hydrogens is 272 g/mol. The highest BCUT2D eigenvalue weighted by Gasteiger charge is 2.15. The van der Waals surface area contributed by atoms with Crippen LogP contribution in [-0.2, 0) is 0 Å². The van der Waals surface area contributed by atoms with Crippen LogP contribution in [0.2, 0.25) is 0 Å². The van der Waals surface area contributed by atoms with Crippen LogP contribution in [0.15, 0.2) is 22.6 Å². The van der Waals surface area contributed by atoms with Crippen LogP contribution in [0.25, 0.3) is 11.1 Å². The van der Waals surface area contributed by atoms with Crippen LogP contribution < -0.4 is 10.2 Å². The predicted octanol–water partition coefficient (Wildman–Crippen LogP) is 1.74. The van der Waals surface area contributed by atoms with E-state index in [9.17, 15) is 4.79 Å². The maximum Gasteiger partial charge on any atom is 0.321 e. The van der Waals surface area contributed by atoms with Crippen LogP contribution in [0, 0.1) is 0 Å². The monoisotopic (exact) mass is 292 g/mol. The number of aromatic nitrogens is 1. The Morgan fingerprint density at radius 2 is 2.14 bits per heavy atom. The summed E-state index contributed by atoms with van der Waals surface area (Å²) < 4.78 is 5.55. The number of amides is 2. The topological polar surface area (TPSA) is 81.8 Å². The second kappa shape index (κ2) is 6.01. The van der Waals surface area contributed by atoms with Gasteiger partial charge in [0.2, 0.25) is 0 Å². The van der Waals surface area contributed by atoms with Crippen molar-refractivity contribution in [3.8, 4) is 0 Å². The van der Waals surface area contributed by atoms with Gasteiger partial charge in [0.15, 0.2) is 5.58 Å². The van der Waals surface area contributed by atoms with Gasteiger partial charge in [-0.2, -0.15) is 4.98 Å². The molecule has 114 valence electrons. The van der Waals surface area contributed by atoms with Gasteiger partial charge in [-0.3, -0.25) is 0 Å². The number of nitrogens with one attached hydrogen (secondary N) is 1. The van der Waals surface area contributed by atoms with E-state index in [1.165, 1.54) is 4.90 Å². The van der Waals surface area contributed by atoms with E-state index in [-0.39, 0.29) is 18.7 Å². The Kier molecular flexibility index (Phi) is 4.32. The van der Waals surface area contributed by atoms with Crippen molar-refractivity contribution in [2.75, 3.05) is 38.0 Å². The number of oxazole rings is 1. The van der Waals surface area contributed by atoms with Crippen molar-refractivity contribution in [1.29, 1.82) is 0 Å². The first-order valence-corrected chi connectivity index (χ1v) is 6.65. The predicted molar refractivity (Wildman–Crippen MR) is 81.7 cm³/mol. The number of aliphatic hydroxyl groups is 1. The molecule has 7 nitrogen and oxygen atoms in total. The second-order valence-corrected chi connectivity index (χ2v) is 5.15. The lowest BCUT2D eigenvalue weighted by Crippen LogP contribution is -2.40. The summed E-state index contributed by atoms with van der Waals surface area (Å²) in [7, 11) is 5.33. The lowest BCUT2D eigenvalue weighted by atomic mass is 10.3. The molecule has 1 aromatic heterocycles. The molecule has 0 saturated heterocycles. The van der Waals surface area contributed by atoms with E-state index in [1.54, 1.807) is 37.1 Å². The third kappa shape index (κ3) is 3.25. The third-order valence-electron chi connectivity index (χ3n) is 3.26. The fourth-order valence-corrected chi connectivity index (χ4v) is 1.72. The van der Waals surface area contributed by atoms with Gasteiger partial charge in [-0.25, -0.2) is 4.79 Å². The quantitative estimate of drug-likeness (QED) is 0.897. The van der Waals surface area contributed by atoms with E-state index < -0.39 is 0 Å². The molecule has 0 aliphatic carbocycles. The summed E-state index contributed by atoms with van der Waals surface area (Å²) in [4.78, 5) is 19.6. The zero-order valence-corrected chi connectivity index (χ0v) is 12.6. The number of rotatable bonds is 4. The molecule has 0 fully saturated rings. The number of nitrogens with zero attached hydrogens (tertiary/aromatic N) is 3. The highest BCUT2D eigenvalue weighted by Crippen LogP contribution is 2.23. The number of anilines is 2. The minimum absolute atomic E-state index is 0.0849. The van der Waals surface area contributed by atoms with Gasteiger partial charge in [0.1, 0.15) is 5.52 Å². The molecule has 0 aliphatic rings. The minimum atomic E-state index is -0.285. The molecule has 2 aromatic rings. The number of carbonyl (C=O) groups is 1. The average Bonchev–Trinajstić information content (AvgIpc) is 2.89. The molecule has 7 heteroatoms. The zero-order valence-electron chi connectivity index (χ0n) is 12.6. The Morgan fingerprint density at radius 3 is 2.76 bits per heavy atom. The Balaban J connectivity index is 2.17. The lowest BCUT2D eigenvalue weighted by molar-refractivity contribution is 0.166. The molecule has 1 heterocycles. The molecule has 1 aromatic carbocycles. The summed E-state index contributed by atoms with van der Waals surface area (Å²) in [5.74, 6) is 0. The van der Waals surface area contributed by atoms with Crippen LogP contribution in [0.5, 0.6) is 0 Å². The maximum atomic E-state index is 12.0. The molecule has 2 amide bonds. The average molecular weight is 292 g/mol. The largest absolute Gasteiger partial charge is 0.423 e. The molecule has 1 unspecified atom stereocenters. The highest BCUT2D eigenvalue weighted by molar-refractivity contribution is 5.91. The zero-order chi connectivity index (χ0) is 15.6. The number of carbonyl (C=O) groups excluding carboxylic acids is 1. The van der Waals surface area contributed by atoms with Crippen molar-refractivity contribution in [2.24, 2.45) is 0 Å². The van der Waals surface area contributed by atoms with E-state index in [4.69, 9.17) is 9.52 Å². The van der Waals surface area contributed by atoms with Gasteiger partial charge in [0, 0.05) is 26.8 Å². The summed E-state index contributed by atoms with van der Waals surface area (Å²) in [6, 6.07) is 5.25. The first kappa shape index (κ1) is 15.1. The van der Waals surface area contributed by atoms with Crippen LogP contribution in [-0.4, -0.2) is 54.8 Å². The summed E-state index contributed by atoms with van der Waals surface area (Å²) in [5.41, 5.74) is 1.96. The standard InChI is InChI=1S/C14H20N4O3/c1-9(8-19)18(4)13(20)15-10-5-6-12-11(7-10)16-14(21-12)17(2)3/h5-7,9,19H,8H2,1-4H3,(H,15,20). The minimum Gasteiger partial charge on any atom is -0.423 e. The van der Waals surface area contributed by atoms with Gasteiger partial charge in [-0.05, 0) is 25.1 Å². The Bertz CT molecular complexity index is 638.